The number of piperidine rings is 1. The van der Waals surface area contributed by atoms with Gasteiger partial charge in [0.1, 0.15) is 0 Å². The number of carbonyl (C=O) groups excluding carboxylic acids is 3. The largest absolute Gasteiger partial charge is 0.352 e. The van der Waals surface area contributed by atoms with Crippen LogP contribution < -0.4 is 10.6 Å². The van der Waals surface area contributed by atoms with Crippen LogP contribution in [0.4, 0.5) is 5.69 Å². The van der Waals surface area contributed by atoms with Crippen molar-refractivity contribution in [2.24, 2.45) is 11.8 Å². The summed E-state index contributed by atoms with van der Waals surface area (Å²) < 4.78 is 1.84. The van der Waals surface area contributed by atoms with E-state index in [1.54, 1.807) is 24.7 Å². The van der Waals surface area contributed by atoms with Gasteiger partial charge in [-0.1, -0.05) is 19.3 Å². The first-order valence-electron chi connectivity index (χ1n) is 9.84. The maximum Gasteiger partial charge on any atom is 0.244 e. The molecule has 7 nitrogen and oxygen atoms in total. The summed E-state index contributed by atoms with van der Waals surface area (Å²) in [6.07, 6.45) is 11.0. The fourth-order valence-electron chi connectivity index (χ4n) is 4.23. The Hall–Kier alpha value is -2.96. The van der Waals surface area contributed by atoms with Gasteiger partial charge in [-0.25, -0.2) is 4.98 Å². The highest BCUT2D eigenvalue weighted by Gasteiger charge is 2.42. The number of amides is 2. The van der Waals surface area contributed by atoms with Crippen LogP contribution in [0.25, 0.3) is 5.69 Å². The van der Waals surface area contributed by atoms with Crippen LogP contribution in [0.1, 0.15) is 38.5 Å². The van der Waals surface area contributed by atoms with Crippen molar-refractivity contribution in [3.05, 3.63) is 43.0 Å². The summed E-state index contributed by atoms with van der Waals surface area (Å²) in [6.45, 7) is 0. The number of imidazole rings is 1. The van der Waals surface area contributed by atoms with E-state index in [1.165, 1.54) is 6.42 Å². The highest BCUT2D eigenvalue weighted by molar-refractivity contribution is 6.22. The molecule has 2 aromatic rings. The van der Waals surface area contributed by atoms with E-state index in [4.69, 9.17) is 0 Å². The zero-order valence-corrected chi connectivity index (χ0v) is 15.6. The van der Waals surface area contributed by atoms with Crippen molar-refractivity contribution in [2.45, 2.75) is 44.6 Å². The van der Waals surface area contributed by atoms with Crippen molar-refractivity contribution in [1.29, 1.82) is 0 Å². The van der Waals surface area contributed by atoms with Crippen LogP contribution in [-0.2, 0) is 14.4 Å². The lowest BCUT2D eigenvalue weighted by Gasteiger charge is -2.35. The van der Waals surface area contributed by atoms with Crippen LogP contribution in [0.3, 0.4) is 0 Å². The molecule has 2 fully saturated rings. The van der Waals surface area contributed by atoms with E-state index in [-0.39, 0.29) is 18.2 Å². The highest BCUT2D eigenvalue weighted by atomic mass is 16.2. The third-order valence-corrected chi connectivity index (χ3v) is 5.75. The van der Waals surface area contributed by atoms with Gasteiger partial charge in [-0.15, -0.1) is 0 Å². The summed E-state index contributed by atoms with van der Waals surface area (Å²) in [7, 11) is 0. The first-order chi connectivity index (χ1) is 13.6. The van der Waals surface area contributed by atoms with Crippen LogP contribution in [0.5, 0.6) is 0 Å². The Morgan fingerprint density at radius 2 is 1.86 bits per heavy atom. The van der Waals surface area contributed by atoms with Gasteiger partial charge >= 0.3 is 0 Å². The molecule has 146 valence electrons. The predicted molar refractivity (Wildman–Crippen MR) is 104 cm³/mol. The average Bonchev–Trinajstić information content (AvgIpc) is 3.23. The number of benzene rings is 1. The van der Waals surface area contributed by atoms with Crippen LogP contribution >= 0.6 is 0 Å². The molecule has 1 saturated carbocycles. The van der Waals surface area contributed by atoms with Gasteiger partial charge in [-0.05, 0) is 43.0 Å². The quantitative estimate of drug-likeness (QED) is 0.797. The first-order valence-corrected chi connectivity index (χ1v) is 9.84. The maximum absolute atomic E-state index is 12.6. The fourth-order valence-corrected chi connectivity index (χ4v) is 4.23. The zero-order valence-electron chi connectivity index (χ0n) is 15.6. The molecule has 2 unspecified atom stereocenters. The molecule has 2 heterocycles. The van der Waals surface area contributed by atoms with Crippen molar-refractivity contribution in [3.63, 3.8) is 0 Å². The third kappa shape index (κ3) is 3.83. The van der Waals surface area contributed by atoms with E-state index in [9.17, 15) is 14.4 Å². The smallest absolute Gasteiger partial charge is 0.244 e. The van der Waals surface area contributed by atoms with E-state index < -0.39 is 17.7 Å². The molecule has 2 N–H and O–H groups in total. The number of ketones is 1. The van der Waals surface area contributed by atoms with E-state index in [2.05, 4.69) is 15.6 Å². The van der Waals surface area contributed by atoms with Gasteiger partial charge in [0.15, 0.2) is 11.7 Å². The molecule has 0 radical (unpaired) electrons. The summed E-state index contributed by atoms with van der Waals surface area (Å²) in [5.74, 6) is -2.25. The van der Waals surface area contributed by atoms with Crippen LogP contribution in [0, 0.1) is 11.8 Å². The van der Waals surface area contributed by atoms with Gasteiger partial charge in [-0.3, -0.25) is 14.4 Å². The molecule has 4 rings (SSSR count). The summed E-state index contributed by atoms with van der Waals surface area (Å²) in [5, 5.41) is 5.62. The Bertz CT molecular complexity index is 836. The molecule has 2 amide bonds. The number of anilines is 1. The average molecular weight is 380 g/mol. The summed E-state index contributed by atoms with van der Waals surface area (Å²) in [4.78, 5) is 41.6. The SMILES string of the molecule is O=C1CC(C2CCCCC2)NC(=O)C1C(=O)Nc1ccc(-n2ccnc2)cc1. The molecule has 28 heavy (non-hydrogen) atoms. The van der Waals surface area contributed by atoms with Gasteiger partial charge in [0, 0.05) is 36.2 Å². The number of aromatic nitrogens is 2. The van der Waals surface area contributed by atoms with E-state index in [0.717, 1.165) is 31.4 Å². The number of Topliss-reactive ketones (excluding diaryl/α,β-unsaturated/α-hetero) is 1. The zero-order chi connectivity index (χ0) is 19.5. The van der Waals surface area contributed by atoms with Gasteiger partial charge < -0.3 is 15.2 Å². The second-order valence-electron chi connectivity index (χ2n) is 7.62. The van der Waals surface area contributed by atoms with Gasteiger partial charge in [0.2, 0.25) is 11.8 Å². The lowest BCUT2D eigenvalue weighted by atomic mass is 9.78. The molecule has 2 aliphatic rings. The van der Waals surface area contributed by atoms with Gasteiger partial charge in [0.25, 0.3) is 0 Å². The lowest BCUT2D eigenvalue weighted by Crippen LogP contribution is -2.55. The second kappa shape index (κ2) is 7.96. The van der Waals surface area contributed by atoms with E-state index >= 15 is 0 Å². The molecule has 0 bridgehead atoms. The number of hydrogen-bond acceptors (Lipinski definition) is 4. The van der Waals surface area contributed by atoms with Crippen LogP contribution in [-0.4, -0.2) is 33.2 Å². The van der Waals surface area contributed by atoms with Crippen molar-refractivity contribution >= 4 is 23.3 Å². The summed E-state index contributed by atoms with van der Waals surface area (Å²) >= 11 is 0. The van der Waals surface area contributed by atoms with Crippen molar-refractivity contribution in [1.82, 2.24) is 14.9 Å². The molecular weight excluding hydrogens is 356 g/mol. The standard InChI is InChI=1S/C21H24N4O3/c26-18-12-17(14-4-2-1-3-5-14)24-21(28)19(18)20(27)23-15-6-8-16(9-7-15)25-11-10-22-13-25/h6-11,13-14,17,19H,1-5,12H2,(H,23,27)(H,24,28). The Balaban J connectivity index is 1.39. The van der Waals surface area contributed by atoms with E-state index in [0.29, 0.717) is 11.6 Å². The summed E-state index contributed by atoms with van der Waals surface area (Å²) in [6, 6.07) is 7.02. The van der Waals surface area contributed by atoms with E-state index in [1.807, 2.05) is 22.9 Å². The predicted octanol–water partition coefficient (Wildman–Crippen LogP) is 2.46. The molecule has 1 saturated heterocycles. The number of nitrogens with one attached hydrogen (secondary N) is 2. The number of nitrogens with zero attached hydrogens (tertiary/aromatic N) is 2. The van der Waals surface area contributed by atoms with Crippen molar-refractivity contribution in [3.8, 4) is 5.69 Å². The molecule has 2 atom stereocenters. The Morgan fingerprint density at radius 1 is 1.11 bits per heavy atom. The van der Waals surface area contributed by atoms with Crippen molar-refractivity contribution < 1.29 is 14.4 Å². The minimum atomic E-state index is -1.27. The minimum Gasteiger partial charge on any atom is -0.352 e. The monoisotopic (exact) mass is 380 g/mol. The highest BCUT2D eigenvalue weighted by Crippen LogP contribution is 2.30. The molecular formula is C21H24N4O3. The summed E-state index contributed by atoms with van der Waals surface area (Å²) in [5.41, 5.74) is 1.45. The topological polar surface area (TPSA) is 93.1 Å². The Kier molecular flexibility index (Phi) is 5.23. The van der Waals surface area contributed by atoms with Crippen LogP contribution in [0.2, 0.25) is 0 Å². The molecule has 1 aliphatic carbocycles. The Labute approximate surface area is 163 Å². The number of rotatable bonds is 4. The minimum absolute atomic E-state index is 0.126. The third-order valence-electron chi connectivity index (χ3n) is 5.75. The Morgan fingerprint density at radius 3 is 2.50 bits per heavy atom. The van der Waals surface area contributed by atoms with Gasteiger partial charge in [-0.2, -0.15) is 0 Å². The van der Waals surface area contributed by atoms with Crippen LogP contribution in [0.15, 0.2) is 43.0 Å². The normalized spacial score (nSPS) is 23.3. The number of hydrogen-bond donors (Lipinski definition) is 2. The molecule has 1 aromatic carbocycles. The molecule has 0 spiro atoms. The molecule has 1 aliphatic heterocycles. The van der Waals surface area contributed by atoms with Crippen molar-refractivity contribution in [2.75, 3.05) is 5.32 Å². The first kappa shape index (κ1) is 18.4. The van der Waals surface area contributed by atoms with Gasteiger partial charge in [0.05, 0.1) is 6.33 Å². The fraction of sp³-hybridized carbons (Fsp3) is 0.429. The molecule has 1 aromatic heterocycles. The lowest BCUT2D eigenvalue weighted by molar-refractivity contribution is -0.143. The maximum atomic E-state index is 12.6. The number of carbonyl (C=O) groups is 3. The second-order valence-corrected chi connectivity index (χ2v) is 7.62. The molecule has 7 heteroatoms.